The van der Waals surface area contributed by atoms with E-state index in [1.165, 1.54) is 0 Å². The van der Waals surface area contributed by atoms with Gasteiger partial charge in [-0.05, 0) is 37.8 Å². The van der Waals surface area contributed by atoms with Crippen LogP contribution in [0, 0.1) is 0 Å². The van der Waals surface area contributed by atoms with Crippen molar-refractivity contribution in [2.75, 3.05) is 16.7 Å². The molecule has 1 atom stereocenters. The lowest BCUT2D eigenvalue weighted by atomic mass is 10.1. The van der Waals surface area contributed by atoms with E-state index in [1.54, 1.807) is 11.2 Å². The minimum Gasteiger partial charge on any atom is -0.270 e. The van der Waals surface area contributed by atoms with Crippen LogP contribution in [0.2, 0.25) is 0 Å². The van der Waals surface area contributed by atoms with E-state index in [-0.39, 0.29) is 5.88 Å². The number of nitrogens with zero attached hydrogens (tertiary/aromatic N) is 1. The number of benzene rings is 1. The van der Waals surface area contributed by atoms with Gasteiger partial charge in [0.15, 0.2) is 0 Å². The normalized spacial score (nSPS) is 18.0. The van der Waals surface area contributed by atoms with E-state index in [0.717, 1.165) is 30.5 Å². The minimum absolute atomic E-state index is 0.126. The molecule has 1 aromatic rings. The maximum atomic E-state index is 12.5. The average Bonchev–Trinajstić information content (AvgIpc) is 2.60. The maximum absolute atomic E-state index is 12.5. The van der Waals surface area contributed by atoms with Crippen molar-refractivity contribution in [3.63, 3.8) is 0 Å². The third-order valence-corrected chi connectivity index (χ3v) is 6.17. The topological polar surface area (TPSA) is 37.4 Å². The smallest absolute Gasteiger partial charge is 0.238 e. The number of sulfonamides is 1. The Morgan fingerprint density at radius 3 is 2.78 bits per heavy atom. The number of fused-ring (bicyclic) bond motifs is 1. The van der Waals surface area contributed by atoms with Crippen molar-refractivity contribution in [2.45, 2.75) is 31.4 Å². The Morgan fingerprint density at radius 1 is 1.33 bits per heavy atom. The van der Waals surface area contributed by atoms with Crippen LogP contribution in [0.15, 0.2) is 24.3 Å². The lowest BCUT2D eigenvalue weighted by molar-refractivity contribution is 0.581. The van der Waals surface area contributed by atoms with Crippen molar-refractivity contribution >= 4 is 27.3 Å². The average molecular weight is 288 g/mol. The van der Waals surface area contributed by atoms with Gasteiger partial charge in [0, 0.05) is 12.4 Å². The van der Waals surface area contributed by atoms with Crippen molar-refractivity contribution in [1.29, 1.82) is 0 Å². The van der Waals surface area contributed by atoms with Gasteiger partial charge >= 0.3 is 0 Å². The second kappa shape index (κ2) is 5.49. The molecule has 100 valence electrons. The molecule has 0 saturated carbocycles. The Morgan fingerprint density at radius 2 is 2.06 bits per heavy atom. The van der Waals surface area contributed by atoms with Crippen molar-refractivity contribution in [1.82, 2.24) is 0 Å². The van der Waals surface area contributed by atoms with Crippen LogP contribution in [0.1, 0.15) is 25.3 Å². The standard InChI is InChI=1S/C13H18ClNO2S/c1-11(10-14)18(16,17)15-9-5-4-7-12-6-2-3-8-13(12)15/h2-3,6,8,11H,4-5,7,9-10H2,1H3. The molecule has 1 aliphatic rings. The van der Waals surface area contributed by atoms with E-state index in [9.17, 15) is 8.42 Å². The summed E-state index contributed by atoms with van der Waals surface area (Å²) in [5.41, 5.74) is 1.94. The summed E-state index contributed by atoms with van der Waals surface area (Å²) in [6.45, 7) is 2.22. The summed E-state index contributed by atoms with van der Waals surface area (Å²) in [5.74, 6) is 0.126. The van der Waals surface area contributed by atoms with Crippen LogP contribution in [-0.2, 0) is 16.4 Å². The van der Waals surface area contributed by atoms with E-state index >= 15 is 0 Å². The summed E-state index contributed by atoms with van der Waals surface area (Å²) < 4.78 is 26.5. The molecule has 5 heteroatoms. The second-order valence-corrected chi connectivity index (χ2v) is 7.25. The fourth-order valence-corrected chi connectivity index (χ4v) is 4.13. The van der Waals surface area contributed by atoms with Gasteiger partial charge < -0.3 is 0 Å². The highest BCUT2D eigenvalue weighted by Gasteiger charge is 2.30. The summed E-state index contributed by atoms with van der Waals surface area (Å²) in [6.07, 6.45) is 2.86. The van der Waals surface area contributed by atoms with E-state index in [4.69, 9.17) is 11.6 Å². The molecule has 1 unspecified atom stereocenters. The van der Waals surface area contributed by atoms with Crippen molar-refractivity contribution in [3.8, 4) is 0 Å². The van der Waals surface area contributed by atoms with E-state index in [1.807, 2.05) is 24.3 Å². The zero-order chi connectivity index (χ0) is 13.2. The van der Waals surface area contributed by atoms with Crippen LogP contribution in [0.4, 0.5) is 5.69 Å². The Kier molecular flexibility index (Phi) is 4.17. The Hall–Kier alpha value is -0.740. The van der Waals surface area contributed by atoms with Crippen LogP contribution in [0.3, 0.4) is 0 Å². The molecule has 0 bridgehead atoms. The minimum atomic E-state index is -3.35. The monoisotopic (exact) mass is 287 g/mol. The first-order valence-corrected chi connectivity index (χ1v) is 8.26. The summed E-state index contributed by atoms with van der Waals surface area (Å²) in [4.78, 5) is 0. The first-order valence-electron chi connectivity index (χ1n) is 6.23. The zero-order valence-electron chi connectivity index (χ0n) is 10.5. The molecule has 1 heterocycles. The van der Waals surface area contributed by atoms with E-state index in [0.29, 0.717) is 6.54 Å². The predicted octanol–water partition coefficient (Wildman–Crippen LogP) is 2.79. The molecule has 0 spiro atoms. The SMILES string of the molecule is CC(CCl)S(=O)(=O)N1CCCCc2ccccc21. The van der Waals surface area contributed by atoms with Crippen LogP contribution in [-0.4, -0.2) is 26.1 Å². The Labute approximate surface area is 114 Å². The fourth-order valence-electron chi connectivity index (χ4n) is 2.22. The third-order valence-electron chi connectivity index (χ3n) is 3.35. The van der Waals surface area contributed by atoms with E-state index < -0.39 is 15.3 Å². The summed E-state index contributed by atoms with van der Waals surface area (Å²) >= 11 is 5.72. The molecule has 0 amide bonds. The van der Waals surface area contributed by atoms with Gasteiger partial charge in [0.25, 0.3) is 0 Å². The van der Waals surface area contributed by atoms with Crippen LogP contribution in [0.25, 0.3) is 0 Å². The summed E-state index contributed by atoms with van der Waals surface area (Å²) in [6, 6.07) is 7.74. The van der Waals surface area contributed by atoms with Gasteiger partial charge in [0.2, 0.25) is 10.0 Å². The van der Waals surface area contributed by atoms with Gasteiger partial charge in [-0.3, -0.25) is 4.31 Å². The number of hydrogen-bond acceptors (Lipinski definition) is 2. The molecular formula is C13H18ClNO2S. The van der Waals surface area contributed by atoms with Crippen LogP contribution >= 0.6 is 11.6 Å². The predicted molar refractivity (Wildman–Crippen MR) is 75.8 cm³/mol. The highest BCUT2D eigenvalue weighted by molar-refractivity contribution is 7.93. The van der Waals surface area contributed by atoms with Crippen molar-refractivity contribution in [2.24, 2.45) is 0 Å². The number of alkyl halides is 1. The Balaban J connectivity index is 2.45. The molecular weight excluding hydrogens is 270 g/mol. The number of hydrogen-bond donors (Lipinski definition) is 0. The summed E-state index contributed by atoms with van der Waals surface area (Å²) in [7, 11) is -3.35. The number of aryl methyl sites for hydroxylation is 1. The lowest BCUT2D eigenvalue weighted by Crippen LogP contribution is -2.39. The van der Waals surface area contributed by atoms with Gasteiger partial charge in [0.05, 0.1) is 10.9 Å². The van der Waals surface area contributed by atoms with Crippen LogP contribution in [0.5, 0.6) is 0 Å². The van der Waals surface area contributed by atoms with Crippen LogP contribution < -0.4 is 4.31 Å². The fraction of sp³-hybridized carbons (Fsp3) is 0.538. The molecule has 0 radical (unpaired) electrons. The first-order chi connectivity index (χ1) is 8.57. The quantitative estimate of drug-likeness (QED) is 0.802. The molecule has 0 aliphatic carbocycles. The number of para-hydroxylation sites is 1. The van der Waals surface area contributed by atoms with Gasteiger partial charge in [-0.15, -0.1) is 11.6 Å². The first kappa shape index (κ1) is 13.7. The summed E-state index contributed by atoms with van der Waals surface area (Å²) in [5, 5.41) is -0.551. The molecule has 0 N–H and O–H groups in total. The number of halogens is 1. The van der Waals surface area contributed by atoms with Gasteiger partial charge in [-0.25, -0.2) is 8.42 Å². The molecule has 18 heavy (non-hydrogen) atoms. The van der Waals surface area contributed by atoms with Crippen molar-refractivity contribution < 1.29 is 8.42 Å². The van der Waals surface area contributed by atoms with Crippen molar-refractivity contribution in [3.05, 3.63) is 29.8 Å². The van der Waals surface area contributed by atoms with Gasteiger partial charge in [0.1, 0.15) is 0 Å². The molecule has 1 aromatic carbocycles. The molecule has 0 fully saturated rings. The Bertz CT molecular complexity index is 515. The highest BCUT2D eigenvalue weighted by atomic mass is 35.5. The van der Waals surface area contributed by atoms with Gasteiger partial charge in [-0.1, -0.05) is 18.2 Å². The van der Waals surface area contributed by atoms with Gasteiger partial charge in [-0.2, -0.15) is 0 Å². The number of rotatable bonds is 3. The lowest BCUT2D eigenvalue weighted by Gasteiger charge is -2.27. The molecule has 0 saturated heterocycles. The number of anilines is 1. The molecule has 3 nitrogen and oxygen atoms in total. The third kappa shape index (κ3) is 2.50. The van der Waals surface area contributed by atoms with E-state index in [2.05, 4.69) is 0 Å². The molecule has 2 rings (SSSR count). The highest BCUT2D eigenvalue weighted by Crippen LogP contribution is 2.29. The second-order valence-electron chi connectivity index (χ2n) is 4.67. The largest absolute Gasteiger partial charge is 0.270 e. The molecule has 1 aliphatic heterocycles. The zero-order valence-corrected chi connectivity index (χ0v) is 12.0. The molecule has 0 aromatic heterocycles. The maximum Gasteiger partial charge on any atom is 0.238 e.